The van der Waals surface area contributed by atoms with E-state index >= 15 is 0 Å². The minimum absolute atomic E-state index is 0.225. The highest BCUT2D eigenvalue weighted by Gasteiger charge is 2.09. The Labute approximate surface area is 136 Å². The summed E-state index contributed by atoms with van der Waals surface area (Å²) in [5.74, 6) is 0. The van der Waals surface area contributed by atoms with Crippen LogP contribution >= 0.6 is 23.2 Å². The zero-order chi connectivity index (χ0) is 15.7. The van der Waals surface area contributed by atoms with E-state index in [0.29, 0.717) is 33.1 Å². The van der Waals surface area contributed by atoms with Crippen molar-refractivity contribution in [3.63, 3.8) is 0 Å². The van der Waals surface area contributed by atoms with Gasteiger partial charge in [0.25, 0.3) is 5.56 Å². The fourth-order valence-corrected chi connectivity index (χ4v) is 2.79. The Bertz CT molecular complexity index is 973. The van der Waals surface area contributed by atoms with Gasteiger partial charge in [-0.2, -0.15) is 5.26 Å². The van der Waals surface area contributed by atoms with Crippen LogP contribution in [0.4, 0.5) is 0 Å². The third-order valence-electron chi connectivity index (χ3n) is 3.25. The van der Waals surface area contributed by atoms with Gasteiger partial charge in [0.15, 0.2) is 0 Å². The quantitative estimate of drug-likeness (QED) is 0.721. The number of benzene rings is 2. The molecule has 0 aliphatic rings. The maximum atomic E-state index is 12.5. The normalized spacial score (nSPS) is 10.6. The summed E-state index contributed by atoms with van der Waals surface area (Å²) in [6.45, 7) is 0.321. The molecular formula is C16H9Cl2N3O. The molecule has 108 valence electrons. The van der Waals surface area contributed by atoms with Gasteiger partial charge in [-0.3, -0.25) is 9.36 Å². The fourth-order valence-electron chi connectivity index (χ4n) is 2.24. The molecule has 22 heavy (non-hydrogen) atoms. The fraction of sp³-hybridized carbons (Fsp3) is 0.0625. The summed E-state index contributed by atoms with van der Waals surface area (Å²) >= 11 is 12.0. The minimum Gasteiger partial charge on any atom is -0.294 e. The van der Waals surface area contributed by atoms with E-state index in [1.165, 1.54) is 10.9 Å². The Morgan fingerprint density at radius 1 is 1.23 bits per heavy atom. The summed E-state index contributed by atoms with van der Waals surface area (Å²) in [6, 6.07) is 12.3. The molecule has 0 N–H and O–H groups in total. The first-order chi connectivity index (χ1) is 10.6. The van der Waals surface area contributed by atoms with Gasteiger partial charge in [-0.25, -0.2) is 4.98 Å². The highest BCUT2D eigenvalue weighted by molar-refractivity contribution is 6.38. The molecule has 4 nitrogen and oxygen atoms in total. The van der Waals surface area contributed by atoms with Gasteiger partial charge < -0.3 is 0 Å². The maximum absolute atomic E-state index is 12.5. The highest BCUT2D eigenvalue weighted by Crippen LogP contribution is 2.24. The monoisotopic (exact) mass is 329 g/mol. The van der Waals surface area contributed by atoms with Crippen LogP contribution in [0.5, 0.6) is 0 Å². The average Bonchev–Trinajstić information content (AvgIpc) is 2.51. The van der Waals surface area contributed by atoms with Gasteiger partial charge in [-0.05, 0) is 29.8 Å². The third-order valence-corrected chi connectivity index (χ3v) is 3.76. The zero-order valence-corrected chi connectivity index (χ0v) is 12.8. The summed E-state index contributed by atoms with van der Waals surface area (Å²) in [5, 5.41) is 10.0. The Kier molecular flexibility index (Phi) is 3.84. The van der Waals surface area contributed by atoms with Gasteiger partial charge in [0.1, 0.15) is 0 Å². The second-order valence-electron chi connectivity index (χ2n) is 4.77. The Morgan fingerprint density at radius 3 is 2.82 bits per heavy atom. The van der Waals surface area contributed by atoms with E-state index in [1.807, 2.05) is 6.07 Å². The number of nitrogens with zero attached hydrogens (tertiary/aromatic N) is 3. The van der Waals surface area contributed by atoms with Crippen LogP contribution in [0.15, 0.2) is 47.5 Å². The van der Waals surface area contributed by atoms with Gasteiger partial charge in [0.05, 0.1) is 40.4 Å². The van der Waals surface area contributed by atoms with Crippen LogP contribution in [0.3, 0.4) is 0 Å². The summed E-state index contributed by atoms with van der Waals surface area (Å²) in [7, 11) is 0. The largest absolute Gasteiger partial charge is 0.294 e. The number of hydrogen-bond donors (Lipinski definition) is 0. The molecule has 1 heterocycles. The predicted molar refractivity (Wildman–Crippen MR) is 86.3 cm³/mol. The average molecular weight is 330 g/mol. The molecule has 0 amide bonds. The second kappa shape index (κ2) is 5.80. The first kappa shape index (κ1) is 14.6. The standard InChI is InChI=1S/C16H9Cl2N3O/c17-12-5-13-15(14(18)6-12)20-9-21(16(13)22)8-11-3-1-2-10(4-11)7-19/h1-6,9H,8H2. The van der Waals surface area contributed by atoms with Crippen molar-refractivity contribution in [3.05, 3.63) is 74.3 Å². The highest BCUT2D eigenvalue weighted by atomic mass is 35.5. The van der Waals surface area contributed by atoms with E-state index in [1.54, 1.807) is 30.3 Å². The molecule has 0 aliphatic carbocycles. The number of aromatic nitrogens is 2. The van der Waals surface area contributed by atoms with Crippen molar-refractivity contribution < 1.29 is 0 Å². The zero-order valence-electron chi connectivity index (χ0n) is 11.3. The molecule has 0 radical (unpaired) electrons. The van der Waals surface area contributed by atoms with E-state index in [9.17, 15) is 4.79 Å². The van der Waals surface area contributed by atoms with Crippen LogP contribution in [0.2, 0.25) is 10.0 Å². The molecule has 0 saturated carbocycles. The molecule has 3 aromatic rings. The lowest BCUT2D eigenvalue weighted by Gasteiger charge is -2.08. The molecule has 3 rings (SSSR count). The third kappa shape index (κ3) is 2.69. The van der Waals surface area contributed by atoms with E-state index in [0.717, 1.165) is 5.56 Å². The smallest absolute Gasteiger partial charge is 0.261 e. The van der Waals surface area contributed by atoms with Crippen molar-refractivity contribution >= 4 is 34.1 Å². The van der Waals surface area contributed by atoms with Gasteiger partial charge in [0, 0.05) is 5.02 Å². The van der Waals surface area contributed by atoms with Crippen LogP contribution < -0.4 is 5.56 Å². The van der Waals surface area contributed by atoms with Gasteiger partial charge in [0.2, 0.25) is 0 Å². The molecule has 0 spiro atoms. The van der Waals surface area contributed by atoms with Crippen molar-refractivity contribution in [1.29, 1.82) is 5.26 Å². The summed E-state index contributed by atoms with van der Waals surface area (Å²) in [5.41, 5.74) is 1.59. The molecule has 6 heteroatoms. The van der Waals surface area contributed by atoms with Crippen molar-refractivity contribution in [2.45, 2.75) is 6.54 Å². The lowest BCUT2D eigenvalue weighted by Crippen LogP contribution is -2.21. The van der Waals surface area contributed by atoms with E-state index in [2.05, 4.69) is 11.1 Å². The molecule has 1 aromatic heterocycles. The number of fused-ring (bicyclic) bond motifs is 1. The second-order valence-corrected chi connectivity index (χ2v) is 5.62. The number of nitriles is 1. The molecule has 0 atom stereocenters. The summed E-state index contributed by atoms with van der Waals surface area (Å²) in [6.07, 6.45) is 1.45. The number of hydrogen-bond acceptors (Lipinski definition) is 3. The number of rotatable bonds is 2. The minimum atomic E-state index is -0.225. The lowest BCUT2D eigenvalue weighted by atomic mass is 10.1. The molecule has 0 aliphatic heterocycles. The van der Waals surface area contributed by atoms with Crippen LogP contribution in [0.1, 0.15) is 11.1 Å². The molecule has 2 aromatic carbocycles. The van der Waals surface area contributed by atoms with Crippen molar-refractivity contribution in [3.8, 4) is 6.07 Å². The first-order valence-corrected chi connectivity index (χ1v) is 7.17. The Morgan fingerprint density at radius 2 is 2.05 bits per heavy atom. The maximum Gasteiger partial charge on any atom is 0.261 e. The Balaban J connectivity index is 2.10. The predicted octanol–water partition coefficient (Wildman–Crippen LogP) is 3.62. The molecule has 0 fully saturated rings. The Hall–Kier alpha value is -2.35. The van der Waals surface area contributed by atoms with Crippen molar-refractivity contribution in [2.24, 2.45) is 0 Å². The van der Waals surface area contributed by atoms with Crippen LogP contribution in [-0.2, 0) is 6.54 Å². The van der Waals surface area contributed by atoms with Crippen LogP contribution in [-0.4, -0.2) is 9.55 Å². The van der Waals surface area contributed by atoms with E-state index in [4.69, 9.17) is 28.5 Å². The molecule has 0 unspecified atom stereocenters. The molecule has 0 saturated heterocycles. The SMILES string of the molecule is N#Cc1cccc(Cn2cnc3c(Cl)cc(Cl)cc3c2=O)c1. The topological polar surface area (TPSA) is 58.7 Å². The lowest BCUT2D eigenvalue weighted by molar-refractivity contribution is 0.748. The summed E-state index contributed by atoms with van der Waals surface area (Å²) < 4.78 is 1.46. The van der Waals surface area contributed by atoms with Gasteiger partial charge >= 0.3 is 0 Å². The van der Waals surface area contributed by atoms with Crippen molar-refractivity contribution in [1.82, 2.24) is 9.55 Å². The van der Waals surface area contributed by atoms with E-state index < -0.39 is 0 Å². The molecular weight excluding hydrogens is 321 g/mol. The molecule has 0 bridgehead atoms. The van der Waals surface area contributed by atoms with Crippen LogP contribution in [0, 0.1) is 11.3 Å². The van der Waals surface area contributed by atoms with E-state index in [-0.39, 0.29) is 5.56 Å². The van der Waals surface area contributed by atoms with Crippen molar-refractivity contribution in [2.75, 3.05) is 0 Å². The van der Waals surface area contributed by atoms with Crippen LogP contribution in [0.25, 0.3) is 10.9 Å². The number of halogens is 2. The first-order valence-electron chi connectivity index (χ1n) is 6.42. The van der Waals surface area contributed by atoms with Gasteiger partial charge in [-0.15, -0.1) is 0 Å². The summed E-state index contributed by atoms with van der Waals surface area (Å²) in [4.78, 5) is 16.8. The van der Waals surface area contributed by atoms with Gasteiger partial charge in [-0.1, -0.05) is 35.3 Å².